The van der Waals surface area contributed by atoms with Gasteiger partial charge in [0.15, 0.2) is 5.76 Å². The zero-order valence-corrected chi connectivity index (χ0v) is 19.0. The number of carbonyl (C=O) groups excluding carboxylic acids is 1. The minimum atomic E-state index is -0.369. The highest BCUT2D eigenvalue weighted by atomic mass is 35.5. The van der Waals surface area contributed by atoms with Crippen LogP contribution in [0.15, 0.2) is 47.1 Å². The van der Waals surface area contributed by atoms with Gasteiger partial charge in [-0.1, -0.05) is 40.9 Å². The molecule has 1 N–H and O–H groups in total. The van der Waals surface area contributed by atoms with Gasteiger partial charge < -0.3 is 9.73 Å². The van der Waals surface area contributed by atoms with Gasteiger partial charge in [0.1, 0.15) is 5.76 Å². The molecule has 0 aliphatic heterocycles. The van der Waals surface area contributed by atoms with Crippen LogP contribution in [0.1, 0.15) is 33.3 Å². The summed E-state index contributed by atoms with van der Waals surface area (Å²) in [6, 6.07) is 8.75. The van der Waals surface area contributed by atoms with E-state index in [-0.39, 0.29) is 11.7 Å². The van der Waals surface area contributed by atoms with E-state index in [0.717, 1.165) is 17.0 Å². The van der Waals surface area contributed by atoms with Crippen LogP contribution in [0.2, 0.25) is 15.1 Å². The van der Waals surface area contributed by atoms with Gasteiger partial charge in [-0.05, 0) is 43.7 Å². The molecular formula is C21H18Cl3N5O2. The predicted octanol–water partition coefficient (Wildman–Crippen LogP) is 5.60. The lowest BCUT2D eigenvalue weighted by atomic mass is 10.2. The summed E-state index contributed by atoms with van der Waals surface area (Å²) in [7, 11) is 0. The molecule has 4 aromatic rings. The third-order valence-corrected chi connectivity index (χ3v) is 5.99. The average Bonchev–Trinajstić information content (AvgIpc) is 3.43. The summed E-state index contributed by atoms with van der Waals surface area (Å²) < 4.78 is 9.11. The predicted molar refractivity (Wildman–Crippen MR) is 120 cm³/mol. The normalized spacial score (nSPS) is 11.1. The van der Waals surface area contributed by atoms with Crippen molar-refractivity contribution in [2.45, 2.75) is 26.9 Å². The Balaban J connectivity index is 1.40. The van der Waals surface area contributed by atoms with Crippen LogP contribution in [0.4, 0.5) is 5.69 Å². The minimum Gasteiger partial charge on any atom is -0.454 e. The Hall–Kier alpha value is -2.74. The molecule has 0 radical (unpaired) electrons. The minimum absolute atomic E-state index is 0.194. The fraction of sp³-hybridized carbons (Fsp3) is 0.190. The Morgan fingerprint density at radius 1 is 1.10 bits per heavy atom. The first kappa shape index (κ1) is 21.5. The number of anilines is 1. The number of aryl methyl sites for hydroxylation is 1. The molecular weight excluding hydrogens is 461 g/mol. The SMILES string of the molecule is Cc1nn(Cc2ccc(C(=O)Nc3cnn(Cc4ccc(Cl)c(Cl)c4)c3)o2)c(C)c1Cl. The summed E-state index contributed by atoms with van der Waals surface area (Å²) in [5, 5.41) is 13.0. The van der Waals surface area contributed by atoms with Gasteiger partial charge in [-0.2, -0.15) is 10.2 Å². The van der Waals surface area contributed by atoms with Crippen molar-refractivity contribution < 1.29 is 9.21 Å². The maximum absolute atomic E-state index is 12.5. The zero-order valence-electron chi connectivity index (χ0n) is 16.7. The third-order valence-electron chi connectivity index (χ3n) is 4.70. The maximum atomic E-state index is 12.5. The molecule has 0 spiro atoms. The topological polar surface area (TPSA) is 77.9 Å². The van der Waals surface area contributed by atoms with Crippen LogP contribution >= 0.6 is 34.8 Å². The summed E-state index contributed by atoms with van der Waals surface area (Å²) in [5.41, 5.74) is 3.08. The fourth-order valence-electron chi connectivity index (χ4n) is 3.09. The van der Waals surface area contributed by atoms with Gasteiger partial charge >= 0.3 is 0 Å². The quantitative estimate of drug-likeness (QED) is 0.391. The van der Waals surface area contributed by atoms with Gasteiger partial charge in [0.2, 0.25) is 0 Å². The van der Waals surface area contributed by atoms with Crippen LogP contribution in [-0.4, -0.2) is 25.5 Å². The van der Waals surface area contributed by atoms with Gasteiger partial charge in [0.05, 0.1) is 51.4 Å². The van der Waals surface area contributed by atoms with Crippen molar-refractivity contribution in [2.75, 3.05) is 5.32 Å². The highest BCUT2D eigenvalue weighted by Crippen LogP contribution is 2.23. The molecule has 3 aromatic heterocycles. The monoisotopic (exact) mass is 477 g/mol. The lowest BCUT2D eigenvalue weighted by molar-refractivity contribution is 0.0994. The van der Waals surface area contributed by atoms with Crippen LogP contribution in [0.3, 0.4) is 0 Å². The second-order valence-corrected chi connectivity index (χ2v) is 8.23. The van der Waals surface area contributed by atoms with E-state index in [2.05, 4.69) is 15.5 Å². The van der Waals surface area contributed by atoms with Crippen LogP contribution in [0.25, 0.3) is 0 Å². The number of benzene rings is 1. The van der Waals surface area contributed by atoms with E-state index in [9.17, 15) is 4.79 Å². The van der Waals surface area contributed by atoms with Crippen molar-refractivity contribution in [3.63, 3.8) is 0 Å². The number of carbonyl (C=O) groups is 1. The number of hydrogen-bond acceptors (Lipinski definition) is 4. The van der Waals surface area contributed by atoms with Crippen molar-refractivity contribution in [1.82, 2.24) is 19.6 Å². The van der Waals surface area contributed by atoms with Gasteiger partial charge in [0.25, 0.3) is 5.91 Å². The van der Waals surface area contributed by atoms with Crippen molar-refractivity contribution >= 4 is 46.4 Å². The molecule has 31 heavy (non-hydrogen) atoms. The summed E-state index contributed by atoms with van der Waals surface area (Å²) >= 11 is 18.2. The van der Waals surface area contributed by atoms with Crippen molar-refractivity contribution in [2.24, 2.45) is 0 Å². The molecule has 0 atom stereocenters. The smallest absolute Gasteiger partial charge is 0.291 e. The number of hydrogen-bond donors (Lipinski definition) is 1. The Morgan fingerprint density at radius 3 is 2.61 bits per heavy atom. The number of nitrogens with one attached hydrogen (secondary N) is 1. The molecule has 4 rings (SSSR count). The molecule has 0 aliphatic rings. The summed E-state index contributed by atoms with van der Waals surface area (Å²) in [4.78, 5) is 12.5. The van der Waals surface area contributed by atoms with E-state index in [4.69, 9.17) is 39.2 Å². The van der Waals surface area contributed by atoms with Crippen LogP contribution in [-0.2, 0) is 13.1 Å². The second-order valence-electron chi connectivity index (χ2n) is 7.04. The van der Waals surface area contributed by atoms with E-state index < -0.39 is 0 Å². The molecule has 1 amide bonds. The molecule has 0 fully saturated rings. The molecule has 10 heteroatoms. The van der Waals surface area contributed by atoms with Crippen LogP contribution < -0.4 is 5.32 Å². The molecule has 0 saturated carbocycles. The molecule has 1 aromatic carbocycles. The lowest BCUT2D eigenvalue weighted by Gasteiger charge is -2.04. The van der Waals surface area contributed by atoms with Crippen molar-refractivity contribution in [3.05, 3.63) is 86.3 Å². The van der Waals surface area contributed by atoms with E-state index in [1.165, 1.54) is 0 Å². The van der Waals surface area contributed by atoms with Crippen molar-refractivity contribution in [3.8, 4) is 0 Å². The third kappa shape index (κ3) is 4.79. The summed E-state index contributed by atoms with van der Waals surface area (Å²) in [6.07, 6.45) is 3.29. The van der Waals surface area contributed by atoms with Gasteiger partial charge in [-0.15, -0.1) is 0 Å². The van der Waals surface area contributed by atoms with Gasteiger partial charge in [-0.25, -0.2) is 0 Å². The lowest BCUT2D eigenvalue weighted by Crippen LogP contribution is -2.10. The number of furan rings is 1. The first-order valence-electron chi connectivity index (χ1n) is 9.36. The first-order chi connectivity index (χ1) is 14.8. The van der Waals surface area contributed by atoms with E-state index in [1.54, 1.807) is 46.0 Å². The van der Waals surface area contributed by atoms with Gasteiger partial charge in [-0.3, -0.25) is 14.2 Å². The number of halogens is 3. The van der Waals surface area contributed by atoms with E-state index in [0.29, 0.717) is 39.6 Å². The van der Waals surface area contributed by atoms with Gasteiger partial charge in [0, 0.05) is 6.20 Å². The molecule has 3 heterocycles. The molecule has 0 saturated heterocycles. The number of rotatable bonds is 6. The Kier molecular flexibility index (Phi) is 6.09. The molecule has 0 bridgehead atoms. The molecule has 0 aliphatic carbocycles. The fourth-order valence-corrected chi connectivity index (χ4v) is 3.55. The van der Waals surface area contributed by atoms with Crippen LogP contribution in [0, 0.1) is 13.8 Å². The summed E-state index contributed by atoms with van der Waals surface area (Å²) in [5.74, 6) is 0.425. The van der Waals surface area contributed by atoms with Crippen LogP contribution in [0.5, 0.6) is 0 Å². The van der Waals surface area contributed by atoms with E-state index >= 15 is 0 Å². The first-order valence-corrected chi connectivity index (χ1v) is 10.5. The maximum Gasteiger partial charge on any atom is 0.291 e. The highest BCUT2D eigenvalue weighted by molar-refractivity contribution is 6.42. The second kappa shape index (κ2) is 8.78. The van der Waals surface area contributed by atoms with Crippen molar-refractivity contribution in [1.29, 1.82) is 0 Å². The number of aromatic nitrogens is 4. The molecule has 160 valence electrons. The largest absolute Gasteiger partial charge is 0.454 e. The number of amides is 1. The molecule has 0 unspecified atom stereocenters. The Morgan fingerprint density at radius 2 is 1.90 bits per heavy atom. The zero-order chi connectivity index (χ0) is 22.1. The van der Waals surface area contributed by atoms with E-state index in [1.807, 2.05) is 19.9 Å². The number of nitrogens with zero attached hydrogens (tertiary/aromatic N) is 4. The highest BCUT2D eigenvalue weighted by Gasteiger charge is 2.15. The average molecular weight is 479 g/mol. The Labute approximate surface area is 193 Å². The standard InChI is InChI=1S/C21H18Cl3N5O2/c1-12-20(24)13(2)29(27-12)11-16-4-6-19(31-16)21(30)26-15-8-25-28(10-15)9-14-3-5-17(22)18(23)7-14/h3-8,10H,9,11H2,1-2H3,(H,26,30). The summed E-state index contributed by atoms with van der Waals surface area (Å²) in [6.45, 7) is 4.60. The Bertz CT molecular complexity index is 1260. The molecule has 7 nitrogen and oxygen atoms in total.